The van der Waals surface area contributed by atoms with Gasteiger partial charge in [-0.05, 0) is 51.9 Å². The summed E-state index contributed by atoms with van der Waals surface area (Å²) >= 11 is 0. The average molecular weight is 673 g/mol. The van der Waals surface area contributed by atoms with E-state index in [1.165, 1.54) is 0 Å². The van der Waals surface area contributed by atoms with E-state index in [1.54, 1.807) is 24.3 Å². The van der Waals surface area contributed by atoms with Gasteiger partial charge in [0.1, 0.15) is 11.6 Å². The third-order valence-corrected chi connectivity index (χ3v) is 9.58. The normalized spacial score (nSPS) is 13.7. The second-order valence-corrected chi connectivity index (χ2v) is 12.8. The molecule has 8 aromatic carbocycles. The van der Waals surface area contributed by atoms with Crippen molar-refractivity contribution in [3.05, 3.63) is 205 Å². The minimum absolute atomic E-state index is 0.348. The number of benzene rings is 8. The lowest BCUT2D eigenvalue weighted by molar-refractivity contribution is 0.628. The van der Waals surface area contributed by atoms with Gasteiger partial charge in [0.05, 0.1) is 22.8 Å². The molecule has 0 bridgehead atoms. The molecule has 4 heteroatoms. The summed E-state index contributed by atoms with van der Waals surface area (Å²) in [5, 5.41) is 2.10. The van der Waals surface area contributed by atoms with Crippen molar-refractivity contribution in [2.75, 3.05) is 0 Å². The third kappa shape index (κ3) is 5.61. The maximum atomic E-state index is 15.6. The van der Waals surface area contributed by atoms with Gasteiger partial charge in [-0.3, -0.25) is 0 Å². The average Bonchev–Trinajstić information content (AvgIpc) is 3.49. The highest BCUT2D eigenvalue weighted by Crippen LogP contribution is 2.45. The molecule has 0 spiro atoms. The Morgan fingerprint density at radius 3 is 0.923 bits per heavy atom. The van der Waals surface area contributed by atoms with Gasteiger partial charge in [-0.2, -0.15) is 0 Å². The molecule has 52 heavy (non-hydrogen) atoms. The molecule has 0 radical (unpaired) electrons. The number of aliphatic imine (C=N–C) groups is 2. The van der Waals surface area contributed by atoms with Gasteiger partial charge < -0.3 is 0 Å². The number of rotatable bonds is 6. The molecular weight excluding hydrogens is 643 g/mol. The van der Waals surface area contributed by atoms with E-state index in [2.05, 4.69) is 24.3 Å². The van der Waals surface area contributed by atoms with Crippen LogP contribution in [-0.4, -0.2) is 11.4 Å². The Morgan fingerprint density at radius 2 is 0.615 bits per heavy atom. The van der Waals surface area contributed by atoms with Crippen LogP contribution < -0.4 is 0 Å². The smallest absolute Gasteiger partial charge is 0.124 e. The predicted octanol–water partition coefficient (Wildman–Crippen LogP) is 13.0. The summed E-state index contributed by atoms with van der Waals surface area (Å²) in [5.41, 5.74) is 10.5. The molecular formula is C48H30F2N2. The van der Waals surface area contributed by atoms with Crippen molar-refractivity contribution >= 4 is 33.6 Å². The summed E-state index contributed by atoms with van der Waals surface area (Å²) in [5.74, 6) is -0.697. The molecule has 1 aliphatic rings. The maximum Gasteiger partial charge on any atom is 0.124 e. The zero-order chi connectivity index (χ0) is 35.0. The van der Waals surface area contributed by atoms with Crippen LogP contribution in [0.15, 0.2) is 192 Å². The van der Waals surface area contributed by atoms with Crippen LogP contribution >= 0.6 is 0 Å². The Kier molecular flexibility index (Phi) is 7.90. The number of hydrogen-bond acceptors (Lipinski definition) is 2. The molecule has 0 aromatic heterocycles. The van der Waals surface area contributed by atoms with Crippen LogP contribution in [0, 0.1) is 11.6 Å². The zero-order valence-electron chi connectivity index (χ0n) is 28.0. The standard InChI is InChI=1S/C48H30F2N2/c49-36-27-40(31-15-5-1-6-16-31)45(41(28-36)32-17-7-2-8-18-32)51-47-38-25-13-23-35-24-14-26-39(44(35)38)48(47)52-46-42(33-19-9-3-10-20-33)29-37(50)30-43(46)34-21-11-4-12-22-34/h1-30H. The van der Waals surface area contributed by atoms with Crippen molar-refractivity contribution in [1.29, 1.82) is 0 Å². The van der Waals surface area contributed by atoms with Crippen LogP contribution in [0.25, 0.3) is 55.3 Å². The molecule has 0 fully saturated rings. The summed E-state index contributed by atoms with van der Waals surface area (Å²) < 4.78 is 31.2. The van der Waals surface area contributed by atoms with E-state index >= 15 is 8.78 Å². The first-order valence-corrected chi connectivity index (χ1v) is 17.2. The fraction of sp³-hybridized carbons (Fsp3) is 0. The van der Waals surface area contributed by atoms with Crippen molar-refractivity contribution in [3.8, 4) is 44.5 Å². The van der Waals surface area contributed by atoms with Crippen LogP contribution in [0.3, 0.4) is 0 Å². The van der Waals surface area contributed by atoms with Crippen LogP contribution in [0.2, 0.25) is 0 Å². The summed E-state index contributed by atoms with van der Waals surface area (Å²) in [7, 11) is 0. The monoisotopic (exact) mass is 672 g/mol. The van der Waals surface area contributed by atoms with Crippen molar-refractivity contribution in [1.82, 2.24) is 0 Å². The van der Waals surface area contributed by atoms with E-state index in [0.29, 0.717) is 45.1 Å². The molecule has 1 aliphatic carbocycles. The Labute approximate surface area is 300 Å². The van der Waals surface area contributed by atoms with Crippen molar-refractivity contribution in [3.63, 3.8) is 0 Å². The third-order valence-electron chi connectivity index (χ3n) is 9.58. The topological polar surface area (TPSA) is 24.7 Å². The molecule has 0 heterocycles. The first kappa shape index (κ1) is 31.2. The fourth-order valence-electron chi connectivity index (χ4n) is 7.23. The Balaban J connectivity index is 1.39. The van der Waals surface area contributed by atoms with E-state index in [-0.39, 0.29) is 11.6 Å². The van der Waals surface area contributed by atoms with Crippen molar-refractivity contribution in [2.24, 2.45) is 9.98 Å². The molecule has 0 unspecified atom stereocenters. The molecule has 0 saturated carbocycles. The summed E-state index contributed by atoms with van der Waals surface area (Å²) in [6.45, 7) is 0. The lowest BCUT2D eigenvalue weighted by Gasteiger charge is -2.16. The van der Waals surface area contributed by atoms with Gasteiger partial charge in [-0.1, -0.05) is 158 Å². The van der Waals surface area contributed by atoms with Crippen molar-refractivity contribution < 1.29 is 8.78 Å². The highest BCUT2D eigenvalue weighted by Gasteiger charge is 2.29. The predicted molar refractivity (Wildman–Crippen MR) is 211 cm³/mol. The molecule has 8 aromatic rings. The zero-order valence-corrected chi connectivity index (χ0v) is 28.0. The first-order valence-electron chi connectivity index (χ1n) is 17.2. The van der Waals surface area contributed by atoms with Gasteiger partial charge in [-0.15, -0.1) is 0 Å². The van der Waals surface area contributed by atoms with E-state index in [9.17, 15) is 0 Å². The minimum Gasteiger partial charge on any atom is -0.245 e. The summed E-state index contributed by atoms with van der Waals surface area (Å²) in [6, 6.07) is 57.8. The Hall–Kier alpha value is -6.78. The molecule has 0 aliphatic heterocycles. The lowest BCUT2D eigenvalue weighted by atomic mass is 9.95. The fourth-order valence-corrected chi connectivity index (χ4v) is 7.23. The van der Waals surface area contributed by atoms with Crippen LogP contribution in [0.5, 0.6) is 0 Å². The van der Waals surface area contributed by atoms with Gasteiger partial charge >= 0.3 is 0 Å². The quantitative estimate of drug-likeness (QED) is 0.168. The van der Waals surface area contributed by atoms with Gasteiger partial charge in [0.25, 0.3) is 0 Å². The van der Waals surface area contributed by atoms with Crippen LogP contribution in [0.1, 0.15) is 11.1 Å². The summed E-state index contributed by atoms with van der Waals surface area (Å²) in [6.07, 6.45) is 0. The molecule has 246 valence electrons. The number of hydrogen-bond donors (Lipinski definition) is 0. The molecule has 9 rings (SSSR count). The van der Waals surface area contributed by atoms with E-state index in [4.69, 9.17) is 9.98 Å². The second-order valence-electron chi connectivity index (χ2n) is 12.8. The van der Waals surface area contributed by atoms with Gasteiger partial charge in [0, 0.05) is 38.8 Å². The Morgan fingerprint density at radius 1 is 0.308 bits per heavy atom. The van der Waals surface area contributed by atoms with Gasteiger partial charge in [0.2, 0.25) is 0 Å². The van der Waals surface area contributed by atoms with Gasteiger partial charge in [-0.25, -0.2) is 18.8 Å². The first-order chi connectivity index (χ1) is 25.6. The maximum absolute atomic E-state index is 15.6. The number of halogens is 2. The Bertz CT molecular complexity index is 2360. The highest BCUT2D eigenvalue weighted by molar-refractivity contribution is 6.61. The summed E-state index contributed by atoms with van der Waals surface area (Å²) in [4.78, 5) is 11.1. The van der Waals surface area contributed by atoms with Gasteiger partial charge in [0.15, 0.2) is 0 Å². The van der Waals surface area contributed by atoms with Crippen LogP contribution in [-0.2, 0) is 0 Å². The van der Waals surface area contributed by atoms with E-state index in [1.807, 2.05) is 133 Å². The molecule has 2 nitrogen and oxygen atoms in total. The minimum atomic E-state index is -0.348. The molecule has 0 saturated heterocycles. The van der Waals surface area contributed by atoms with E-state index < -0.39 is 0 Å². The van der Waals surface area contributed by atoms with Crippen molar-refractivity contribution in [2.45, 2.75) is 0 Å². The molecule has 0 amide bonds. The van der Waals surface area contributed by atoms with E-state index in [0.717, 1.165) is 44.2 Å². The lowest BCUT2D eigenvalue weighted by Crippen LogP contribution is -2.11. The van der Waals surface area contributed by atoms with Crippen LogP contribution in [0.4, 0.5) is 20.2 Å². The highest BCUT2D eigenvalue weighted by atomic mass is 19.1. The number of nitrogens with zero attached hydrogens (tertiary/aromatic N) is 2. The SMILES string of the molecule is Fc1cc(-c2ccccc2)c(N=C2C(=Nc3c(-c4ccccc4)cc(F)cc3-c3ccccc3)c3cccc4cccc2c34)c(-c2ccccc2)c1. The molecule has 0 atom stereocenters. The second kappa shape index (κ2) is 13.2. The molecule has 0 N–H and O–H groups in total. The largest absolute Gasteiger partial charge is 0.245 e.